The maximum atomic E-state index is 14.0. The van der Waals surface area contributed by atoms with E-state index in [2.05, 4.69) is 5.32 Å². The predicted molar refractivity (Wildman–Crippen MR) is 78.6 cm³/mol. The molecule has 0 bridgehead atoms. The zero-order valence-electron chi connectivity index (χ0n) is 11.5. The van der Waals surface area contributed by atoms with Crippen LogP contribution in [0.2, 0.25) is 0 Å². The number of nitrogens with one attached hydrogen (secondary N) is 1. The molecule has 4 nitrogen and oxygen atoms in total. The standard InChI is InChI=1S/C15H15BFNO3/c1-10-4-2-5-11(8-10)9-18-15(19)12-6-3-7-13(14(12)17)16(20)21/h2-8,20-21H,9H2,1H3,(H,18,19). The molecule has 21 heavy (non-hydrogen) atoms. The summed E-state index contributed by atoms with van der Waals surface area (Å²) in [6.07, 6.45) is 0. The Morgan fingerprint density at radius 1 is 1.24 bits per heavy atom. The van der Waals surface area contributed by atoms with Gasteiger partial charge in [0.2, 0.25) is 0 Å². The largest absolute Gasteiger partial charge is 0.491 e. The lowest BCUT2D eigenvalue weighted by atomic mass is 9.79. The number of carbonyl (C=O) groups is 1. The summed E-state index contributed by atoms with van der Waals surface area (Å²) < 4.78 is 14.0. The third kappa shape index (κ3) is 3.68. The highest BCUT2D eigenvalue weighted by molar-refractivity contribution is 6.58. The van der Waals surface area contributed by atoms with Crippen LogP contribution in [-0.4, -0.2) is 23.1 Å². The fourth-order valence-electron chi connectivity index (χ4n) is 2.02. The lowest BCUT2D eigenvalue weighted by Gasteiger charge is -2.09. The molecule has 2 rings (SSSR count). The van der Waals surface area contributed by atoms with Gasteiger partial charge in [-0.15, -0.1) is 0 Å². The van der Waals surface area contributed by atoms with Gasteiger partial charge in [0.25, 0.3) is 5.91 Å². The van der Waals surface area contributed by atoms with E-state index < -0.39 is 18.8 Å². The highest BCUT2D eigenvalue weighted by atomic mass is 19.1. The number of hydrogen-bond donors (Lipinski definition) is 3. The summed E-state index contributed by atoms with van der Waals surface area (Å²) in [6, 6.07) is 11.5. The molecule has 0 fully saturated rings. The van der Waals surface area contributed by atoms with Crippen molar-refractivity contribution in [2.75, 3.05) is 0 Å². The van der Waals surface area contributed by atoms with Gasteiger partial charge in [0.15, 0.2) is 0 Å². The van der Waals surface area contributed by atoms with Gasteiger partial charge in [-0.1, -0.05) is 42.0 Å². The van der Waals surface area contributed by atoms with Gasteiger partial charge in [0.05, 0.1) is 5.56 Å². The third-order valence-corrected chi connectivity index (χ3v) is 3.09. The van der Waals surface area contributed by atoms with Crippen LogP contribution in [-0.2, 0) is 6.54 Å². The van der Waals surface area contributed by atoms with Crippen LogP contribution in [0.4, 0.5) is 4.39 Å². The average molecular weight is 287 g/mol. The maximum Gasteiger partial charge on any atom is 0.491 e. The van der Waals surface area contributed by atoms with E-state index in [1.54, 1.807) is 0 Å². The van der Waals surface area contributed by atoms with Gasteiger partial charge in [0, 0.05) is 12.0 Å². The first-order valence-electron chi connectivity index (χ1n) is 6.47. The summed E-state index contributed by atoms with van der Waals surface area (Å²) in [4.78, 5) is 12.0. The van der Waals surface area contributed by atoms with E-state index in [0.29, 0.717) is 0 Å². The second-order valence-electron chi connectivity index (χ2n) is 4.75. The van der Waals surface area contributed by atoms with E-state index in [-0.39, 0.29) is 17.6 Å². The number of aryl methyl sites for hydroxylation is 1. The molecule has 0 unspecified atom stereocenters. The summed E-state index contributed by atoms with van der Waals surface area (Å²) in [7, 11) is -1.95. The maximum absolute atomic E-state index is 14.0. The van der Waals surface area contributed by atoms with Crippen molar-refractivity contribution in [1.82, 2.24) is 5.32 Å². The van der Waals surface area contributed by atoms with Crippen LogP contribution in [0.5, 0.6) is 0 Å². The summed E-state index contributed by atoms with van der Waals surface area (Å²) in [5.41, 5.74) is 1.44. The number of carbonyl (C=O) groups excluding carboxylic acids is 1. The Hall–Kier alpha value is -2.18. The molecule has 0 aliphatic rings. The van der Waals surface area contributed by atoms with Crippen molar-refractivity contribution in [3.8, 4) is 0 Å². The molecule has 6 heteroatoms. The number of amides is 1. The molecule has 3 N–H and O–H groups in total. The lowest BCUT2D eigenvalue weighted by molar-refractivity contribution is 0.0947. The molecule has 0 saturated carbocycles. The molecular formula is C15H15BFNO3. The molecule has 2 aromatic rings. The molecular weight excluding hydrogens is 272 g/mol. The van der Waals surface area contributed by atoms with E-state index in [4.69, 9.17) is 10.0 Å². The van der Waals surface area contributed by atoms with Crippen molar-refractivity contribution in [2.45, 2.75) is 13.5 Å². The van der Waals surface area contributed by atoms with Gasteiger partial charge in [-0.25, -0.2) is 4.39 Å². The van der Waals surface area contributed by atoms with E-state index in [9.17, 15) is 9.18 Å². The molecule has 0 spiro atoms. The zero-order valence-corrected chi connectivity index (χ0v) is 11.5. The Bertz CT molecular complexity index is 661. The number of halogens is 1. The molecule has 0 aliphatic heterocycles. The molecule has 0 saturated heterocycles. The van der Waals surface area contributed by atoms with Crippen LogP contribution in [0.25, 0.3) is 0 Å². The van der Waals surface area contributed by atoms with Gasteiger partial charge in [-0.05, 0) is 18.6 Å². The summed E-state index contributed by atoms with van der Waals surface area (Å²) in [5, 5.41) is 20.7. The number of hydrogen-bond acceptors (Lipinski definition) is 3. The van der Waals surface area contributed by atoms with Crippen molar-refractivity contribution >= 4 is 18.5 Å². The first-order valence-corrected chi connectivity index (χ1v) is 6.47. The molecule has 0 atom stereocenters. The second-order valence-corrected chi connectivity index (χ2v) is 4.75. The molecule has 0 aromatic heterocycles. The van der Waals surface area contributed by atoms with Gasteiger partial charge in [0.1, 0.15) is 5.82 Å². The Morgan fingerprint density at radius 2 is 1.95 bits per heavy atom. The lowest BCUT2D eigenvalue weighted by Crippen LogP contribution is -2.35. The third-order valence-electron chi connectivity index (χ3n) is 3.09. The smallest absolute Gasteiger partial charge is 0.423 e. The quantitative estimate of drug-likeness (QED) is 0.727. The summed E-state index contributed by atoms with van der Waals surface area (Å²) >= 11 is 0. The summed E-state index contributed by atoms with van der Waals surface area (Å²) in [5.74, 6) is -1.52. The number of rotatable bonds is 4. The van der Waals surface area contributed by atoms with Gasteiger partial charge in [-0.3, -0.25) is 4.79 Å². The Labute approximate surface area is 122 Å². The van der Waals surface area contributed by atoms with Crippen molar-refractivity contribution in [2.24, 2.45) is 0 Å². The molecule has 0 aliphatic carbocycles. The minimum atomic E-state index is -1.95. The average Bonchev–Trinajstić information content (AvgIpc) is 2.45. The summed E-state index contributed by atoms with van der Waals surface area (Å²) in [6.45, 7) is 2.21. The SMILES string of the molecule is Cc1cccc(CNC(=O)c2cccc(B(O)O)c2F)c1. The number of benzene rings is 2. The van der Waals surface area contributed by atoms with Gasteiger partial charge < -0.3 is 15.4 Å². The monoisotopic (exact) mass is 287 g/mol. The van der Waals surface area contributed by atoms with Crippen molar-refractivity contribution in [3.05, 3.63) is 65.0 Å². The minimum absolute atomic E-state index is 0.215. The Balaban J connectivity index is 2.12. The van der Waals surface area contributed by atoms with Crippen LogP contribution in [0.1, 0.15) is 21.5 Å². The normalized spacial score (nSPS) is 10.3. The predicted octanol–water partition coefficient (Wildman–Crippen LogP) is 0.744. The van der Waals surface area contributed by atoms with Crippen molar-refractivity contribution in [1.29, 1.82) is 0 Å². The van der Waals surface area contributed by atoms with E-state index in [1.165, 1.54) is 18.2 Å². The first kappa shape index (κ1) is 15.2. The molecule has 0 heterocycles. The van der Waals surface area contributed by atoms with E-state index in [1.807, 2.05) is 31.2 Å². The second kappa shape index (κ2) is 6.52. The van der Waals surface area contributed by atoms with Crippen LogP contribution < -0.4 is 10.8 Å². The van der Waals surface area contributed by atoms with Crippen LogP contribution in [0, 0.1) is 12.7 Å². The van der Waals surface area contributed by atoms with Crippen LogP contribution >= 0.6 is 0 Å². The Morgan fingerprint density at radius 3 is 2.62 bits per heavy atom. The highest BCUT2D eigenvalue weighted by Crippen LogP contribution is 2.07. The van der Waals surface area contributed by atoms with Gasteiger partial charge >= 0.3 is 7.12 Å². The first-order chi connectivity index (χ1) is 9.99. The fraction of sp³-hybridized carbons (Fsp3) is 0.133. The minimum Gasteiger partial charge on any atom is -0.423 e. The van der Waals surface area contributed by atoms with Crippen molar-refractivity contribution in [3.63, 3.8) is 0 Å². The van der Waals surface area contributed by atoms with Crippen molar-refractivity contribution < 1.29 is 19.2 Å². The molecule has 108 valence electrons. The van der Waals surface area contributed by atoms with Crippen LogP contribution in [0.15, 0.2) is 42.5 Å². The Kier molecular flexibility index (Phi) is 4.72. The molecule has 1 amide bonds. The zero-order chi connectivity index (χ0) is 15.4. The van der Waals surface area contributed by atoms with Gasteiger partial charge in [-0.2, -0.15) is 0 Å². The highest BCUT2D eigenvalue weighted by Gasteiger charge is 2.21. The van der Waals surface area contributed by atoms with E-state index in [0.717, 1.165) is 11.1 Å². The molecule has 2 aromatic carbocycles. The van der Waals surface area contributed by atoms with Crippen LogP contribution in [0.3, 0.4) is 0 Å². The topological polar surface area (TPSA) is 69.6 Å². The fourth-order valence-corrected chi connectivity index (χ4v) is 2.02. The molecule has 0 radical (unpaired) electrons. The van der Waals surface area contributed by atoms with E-state index >= 15 is 0 Å².